The Kier molecular flexibility index (Phi) is 6.13. The molecule has 0 spiro atoms. The van der Waals surface area contributed by atoms with E-state index in [2.05, 4.69) is 143 Å². The molecule has 0 radical (unpaired) electrons. The van der Waals surface area contributed by atoms with Crippen LogP contribution in [0.2, 0.25) is 0 Å². The number of hydrogen-bond acceptors (Lipinski definition) is 2. The average molecular weight is 481 g/mol. The zero-order valence-electron chi connectivity index (χ0n) is 19.7. The smallest absolute Gasteiger partial charge is 0.145 e. The standard InChI is InChI=1S/C33H24N2S/c1-4-11-26(12-5-1)31-32(27-13-6-2-7-14-27)35(29-15-8-3-9-16-29)33(34-31)28-21-18-25(19-22-28)20-23-30-17-10-24-36-30/h1-24H/b23-20+. The summed E-state index contributed by atoms with van der Waals surface area (Å²) in [5.41, 5.74) is 7.62. The Morgan fingerprint density at radius 3 is 1.83 bits per heavy atom. The van der Waals surface area contributed by atoms with Gasteiger partial charge in [-0.25, -0.2) is 4.98 Å². The van der Waals surface area contributed by atoms with E-state index in [9.17, 15) is 0 Å². The Morgan fingerprint density at radius 1 is 0.556 bits per heavy atom. The van der Waals surface area contributed by atoms with E-state index in [4.69, 9.17) is 4.98 Å². The first kappa shape index (κ1) is 22.0. The summed E-state index contributed by atoms with van der Waals surface area (Å²) in [7, 11) is 0. The molecule has 0 atom stereocenters. The molecule has 36 heavy (non-hydrogen) atoms. The summed E-state index contributed by atoms with van der Waals surface area (Å²) in [5, 5.41) is 2.10. The summed E-state index contributed by atoms with van der Waals surface area (Å²) in [6.45, 7) is 0. The second kappa shape index (κ2) is 10.0. The molecule has 4 aromatic carbocycles. The van der Waals surface area contributed by atoms with Gasteiger partial charge in [0.15, 0.2) is 0 Å². The lowest BCUT2D eigenvalue weighted by atomic mass is 10.0. The Balaban J connectivity index is 1.54. The van der Waals surface area contributed by atoms with Gasteiger partial charge in [0.05, 0.1) is 11.4 Å². The highest BCUT2D eigenvalue weighted by atomic mass is 32.1. The molecule has 2 aromatic heterocycles. The van der Waals surface area contributed by atoms with Crippen molar-refractivity contribution in [1.82, 2.24) is 9.55 Å². The van der Waals surface area contributed by atoms with Gasteiger partial charge in [0, 0.05) is 27.3 Å². The van der Waals surface area contributed by atoms with Crippen LogP contribution < -0.4 is 0 Å². The van der Waals surface area contributed by atoms with E-state index in [0.717, 1.165) is 45.2 Å². The van der Waals surface area contributed by atoms with Gasteiger partial charge in [-0.05, 0) is 35.2 Å². The zero-order valence-corrected chi connectivity index (χ0v) is 20.5. The van der Waals surface area contributed by atoms with E-state index >= 15 is 0 Å². The topological polar surface area (TPSA) is 17.8 Å². The molecular formula is C33H24N2S. The lowest BCUT2D eigenvalue weighted by molar-refractivity contribution is 1.07. The second-order valence-electron chi connectivity index (χ2n) is 8.51. The number of nitrogens with zero attached hydrogens (tertiary/aromatic N) is 2. The minimum atomic E-state index is 0.924. The molecule has 0 saturated carbocycles. The molecule has 6 rings (SSSR count). The van der Waals surface area contributed by atoms with Crippen molar-refractivity contribution in [3.05, 3.63) is 143 Å². The summed E-state index contributed by atoms with van der Waals surface area (Å²) in [5.74, 6) is 0.924. The molecule has 3 heteroatoms. The van der Waals surface area contributed by atoms with Gasteiger partial charge < -0.3 is 0 Å². The summed E-state index contributed by atoms with van der Waals surface area (Å²) in [6, 6.07) is 44.3. The summed E-state index contributed by atoms with van der Waals surface area (Å²) < 4.78 is 2.29. The monoisotopic (exact) mass is 480 g/mol. The lowest BCUT2D eigenvalue weighted by Gasteiger charge is -2.14. The van der Waals surface area contributed by atoms with E-state index in [1.165, 1.54) is 4.88 Å². The fourth-order valence-corrected chi connectivity index (χ4v) is 5.03. The number of aromatic nitrogens is 2. The van der Waals surface area contributed by atoms with Crippen LogP contribution in [0.1, 0.15) is 10.4 Å². The highest BCUT2D eigenvalue weighted by molar-refractivity contribution is 7.10. The van der Waals surface area contributed by atoms with E-state index in [1.807, 2.05) is 6.07 Å². The van der Waals surface area contributed by atoms with Gasteiger partial charge in [-0.1, -0.05) is 115 Å². The number of para-hydroxylation sites is 1. The first-order valence-corrected chi connectivity index (χ1v) is 12.9. The largest absolute Gasteiger partial charge is 0.292 e. The fourth-order valence-electron chi connectivity index (χ4n) is 4.41. The zero-order chi connectivity index (χ0) is 24.2. The molecule has 0 aliphatic carbocycles. The number of benzene rings is 4. The number of thiophene rings is 1. The van der Waals surface area contributed by atoms with Crippen molar-refractivity contribution < 1.29 is 0 Å². The molecule has 6 aromatic rings. The predicted octanol–water partition coefficient (Wildman–Crippen LogP) is 9.11. The molecule has 0 fully saturated rings. The van der Waals surface area contributed by atoms with Crippen molar-refractivity contribution in [3.63, 3.8) is 0 Å². The van der Waals surface area contributed by atoms with Gasteiger partial charge in [-0.3, -0.25) is 4.57 Å². The van der Waals surface area contributed by atoms with Crippen LogP contribution in [0.15, 0.2) is 133 Å². The Hall–Kier alpha value is -4.47. The van der Waals surface area contributed by atoms with Crippen LogP contribution >= 0.6 is 11.3 Å². The highest BCUT2D eigenvalue weighted by Gasteiger charge is 2.22. The van der Waals surface area contributed by atoms with Crippen LogP contribution in [-0.4, -0.2) is 9.55 Å². The Labute approximate surface area is 215 Å². The second-order valence-corrected chi connectivity index (χ2v) is 9.49. The van der Waals surface area contributed by atoms with Gasteiger partial charge in [0.2, 0.25) is 0 Å². The third-order valence-corrected chi connectivity index (χ3v) is 6.98. The van der Waals surface area contributed by atoms with E-state index < -0.39 is 0 Å². The van der Waals surface area contributed by atoms with Gasteiger partial charge >= 0.3 is 0 Å². The Morgan fingerprint density at radius 2 is 1.19 bits per heavy atom. The predicted molar refractivity (Wildman–Crippen MR) is 153 cm³/mol. The fraction of sp³-hybridized carbons (Fsp3) is 0. The number of rotatable bonds is 6. The van der Waals surface area contributed by atoms with Crippen molar-refractivity contribution in [2.45, 2.75) is 0 Å². The molecule has 0 bridgehead atoms. The van der Waals surface area contributed by atoms with Crippen LogP contribution in [-0.2, 0) is 0 Å². The summed E-state index contributed by atoms with van der Waals surface area (Å²) >= 11 is 1.74. The molecule has 0 aliphatic heterocycles. The average Bonchev–Trinajstić information content (AvgIpc) is 3.62. The minimum absolute atomic E-state index is 0.924. The van der Waals surface area contributed by atoms with Crippen LogP contribution in [0.3, 0.4) is 0 Å². The third kappa shape index (κ3) is 4.45. The summed E-state index contributed by atoms with van der Waals surface area (Å²) in [4.78, 5) is 6.52. The van der Waals surface area contributed by atoms with Crippen molar-refractivity contribution in [2.75, 3.05) is 0 Å². The maximum atomic E-state index is 5.27. The lowest BCUT2D eigenvalue weighted by Crippen LogP contribution is -2.00. The van der Waals surface area contributed by atoms with Crippen molar-refractivity contribution in [3.8, 4) is 39.6 Å². The van der Waals surface area contributed by atoms with Gasteiger partial charge in [0.25, 0.3) is 0 Å². The maximum absolute atomic E-state index is 5.27. The van der Waals surface area contributed by atoms with E-state index in [0.29, 0.717) is 0 Å². The van der Waals surface area contributed by atoms with Gasteiger partial charge in [0.1, 0.15) is 5.82 Å². The number of imidazole rings is 1. The van der Waals surface area contributed by atoms with Gasteiger partial charge in [-0.15, -0.1) is 11.3 Å². The quantitative estimate of drug-likeness (QED) is 0.232. The van der Waals surface area contributed by atoms with Crippen LogP contribution in [0.5, 0.6) is 0 Å². The van der Waals surface area contributed by atoms with Crippen molar-refractivity contribution in [2.24, 2.45) is 0 Å². The number of hydrogen-bond donors (Lipinski definition) is 0. The van der Waals surface area contributed by atoms with Crippen LogP contribution in [0, 0.1) is 0 Å². The molecule has 0 amide bonds. The minimum Gasteiger partial charge on any atom is -0.292 e. The first-order chi connectivity index (χ1) is 17.9. The van der Waals surface area contributed by atoms with E-state index in [-0.39, 0.29) is 0 Å². The molecule has 2 heterocycles. The van der Waals surface area contributed by atoms with Crippen molar-refractivity contribution in [1.29, 1.82) is 0 Å². The van der Waals surface area contributed by atoms with Crippen molar-refractivity contribution >= 4 is 23.5 Å². The third-order valence-electron chi connectivity index (χ3n) is 6.14. The molecule has 2 nitrogen and oxygen atoms in total. The molecule has 0 N–H and O–H groups in total. The molecular weight excluding hydrogens is 456 g/mol. The van der Waals surface area contributed by atoms with Crippen LogP contribution in [0.25, 0.3) is 51.7 Å². The normalized spacial score (nSPS) is 11.2. The first-order valence-electron chi connectivity index (χ1n) is 12.0. The molecule has 0 aliphatic rings. The molecule has 0 saturated heterocycles. The highest BCUT2D eigenvalue weighted by Crippen LogP contribution is 2.38. The SMILES string of the molecule is C(=C\c1cccs1)/c1ccc(-c2nc(-c3ccccc3)c(-c3ccccc3)n2-c2ccccc2)cc1. The molecule has 0 unspecified atom stereocenters. The van der Waals surface area contributed by atoms with Crippen LogP contribution in [0.4, 0.5) is 0 Å². The van der Waals surface area contributed by atoms with E-state index in [1.54, 1.807) is 11.3 Å². The summed E-state index contributed by atoms with van der Waals surface area (Å²) in [6.07, 6.45) is 4.32. The molecule has 172 valence electrons. The van der Waals surface area contributed by atoms with Gasteiger partial charge in [-0.2, -0.15) is 0 Å². The maximum Gasteiger partial charge on any atom is 0.145 e. The Bertz CT molecular complexity index is 1580.